The summed E-state index contributed by atoms with van der Waals surface area (Å²) < 4.78 is 95.3. The van der Waals surface area contributed by atoms with Crippen LogP contribution in [0.3, 0.4) is 0 Å². The predicted molar refractivity (Wildman–Crippen MR) is 101 cm³/mol. The number of halogens is 9. The third kappa shape index (κ3) is 5.91. The van der Waals surface area contributed by atoms with Gasteiger partial charge in [0.05, 0.1) is 5.56 Å². The number of benzene rings is 2. The first kappa shape index (κ1) is 23.6. The molecule has 0 fully saturated rings. The fourth-order valence-corrected chi connectivity index (χ4v) is 3.94. The zero-order valence-electron chi connectivity index (χ0n) is 14.4. The van der Waals surface area contributed by atoms with Gasteiger partial charge in [-0.05, 0) is 42.8 Å². The Labute approximate surface area is 177 Å². The summed E-state index contributed by atoms with van der Waals surface area (Å²) in [5, 5.41) is 0. The Morgan fingerprint density at radius 2 is 1.52 bits per heavy atom. The average molecular weight is 548 g/mol. The van der Waals surface area contributed by atoms with Crippen LogP contribution in [0, 0.1) is 0 Å². The van der Waals surface area contributed by atoms with Gasteiger partial charge in [-0.15, -0.1) is 0 Å². The number of carbonyl (C=O) groups is 1. The van der Waals surface area contributed by atoms with Gasteiger partial charge in [-0.2, -0.15) is 26.3 Å². The molecule has 2 rings (SSSR count). The van der Waals surface area contributed by atoms with Crippen molar-refractivity contribution < 1.29 is 35.5 Å². The second kappa shape index (κ2) is 8.59. The molecule has 0 aliphatic carbocycles. The van der Waals surface area contributed by atoms with Gasteiger partial charge in [0.25, 0.3) is 0 Å². The molecule has 0 amide bonds. The summed E-state index contributed by atoms with van der Waals surface area (Å²) in [6.07, 6.45) is -9.67. The minimum atomic E-state index is -4.98. The lowest BCUT2D eigenvalue weighted by Crippen LogP contribution is -2.19. The minimum Gasteiger partial charge on any atom is -0.294 e. The van der Waals surface area contributed by atoms with E-state index in [-0.39, 0.29) is 11.6 Å². The van der Waals surface area contributed by atoms with Crippen molar-refractivity contribution in [1.82, 2.24) is 0 Å². The molecule has 0 saturated carbocycles. The van der Waals surface area contributed by atoms with Crippen molar-refractivity contribution in [3.05, 3.63) is 73.7 Å². The Kier molecular flexibility index (Phi) is 6.99. The largest absolute Gasteiger partial charge is 0.417 e. The van der Waals surface area contributed by atoms with Gasteiger partial charge in [0.2, 0.25) is 0 Å². The standard InChI is InChI=1S/C19H11Br2F7O/c1-9(29)14-3-2-10(6-16(14)19(26,27)28)17(22)8-15(18(23,24)25)11-4-12(20)7-13(21)5-11/h2-8,15H,1H3/b17-8-. The van der Waals surface area contributed by atoms with Crippen LogP contribution >= 0.6 is 31.9 Å². The van der Waals surface area contributed by atoms with Gasteiger partial charge in [-0.25, -0.2) is 4.39 Å². The minimum absolute atomic E-state index is 0.205. The van der Waals surface area contributed by atoms with E-state index in [1.165, 1.54) is 6.07 Å². The van der Waals surface area contributed by atoms with Crippen molar-refractivity contribution in [3.63, 3.8) is 0 Å². The quantitative estimate of drug-likeness (QED) is 0.279. The lowest BCUT2D eigenvalue weighted by atomic mass is 9.95. The van der Waals surface area contributed by atoms with Crippen molar-refractivity contribution in [2.24, 2.45) is 0 Å². The Hall–Kier alpha value is -1.68. The summed E-state index contributed by atoms with van der Waals surface area (Å²) in [6, 6.07) is 5.65. The fraction of sp³-hybridized carbons (Fsp3) is 0.211. The Morgan fingerprint density at radius 1 is 0.966 bits per heavy atom. The zero-order chi connectivity index (χ0) is 22.1. The van der Waals surface area contributed by atoms with E-state index in [0.29, 0.717) is 15.0 Å². The Bertz CT molecular complexity index is 942. The van der Waals surface area contributed by atoms with E-state index in [1.807, 2.05) is 0 Å². The highest BCUT2D eigenvalue weighted by Gasteiger charge is 2.40. The van der Waals surface area contributed by atoms with Crippen LogP contribution in [-0.4, -0.2) is 12.0 Å². The lowest BCUT2D eigenvalue weighted by Gasteiger charge is -2.19. The first-order chi connectivity index (χ1) is 13.2. The highest BCUT2D eigenvalue weighted by molar-refractivity contribution is 9.11. The van der Waals surface area contributed by atoms with Gasteiger partial charge in [0, 0.05) is 20.1 Å². The van der Waals surface area contributed by atoms with Gasteiger partial charge in [0.15, 0.2) is 5.78 Å². The summed E-state index contributed by atoms with van der Waals surface area (Å²) in [5.41, 5.74) is -3.15. The van der Waals surface area contributed by atoms with Crippen LogP contribution in [0.2, 0.25) is 0 Å². The third-order valence-corrected chi connectivity index (χ3v) is 4.81. The third-order valence-electron chi connectivity index (χ3n) is 3.89. The average Bonchev–Trinajstić information content (AvgIpc) is 2.56. The van der Waals surface area contributed by atoms with Crippen molar-refractivity contribution in [2.45, 2.75) is 25.2 Å². The second-order valence-corrected chi connectivity index (χ2v) is 7.88. The second-order valence-electron chi connectivity index (χ2n) is 6.05. The molecule has 0 bridgehead atoms. The molecule has 0 saturated heterocycles. The zero-order valence-corrected chi connectivity index (χ0v) is 17.6. The SMILES string of the molecule is CC(=O)c1ccc(/C(F)=C/C(c2cc(Br)cc(Br)c2)C(F)(F)F)cc1C(F)(F)F. The van der Waals surface area contributed by atoms with Crippen molar-refractivity contribution in [1.29, 1.82) is 0 Å². The van der Waals surface area contributed by atoms with Crippen molar-refractivity contribution >= 4 is 43.5 Å². The highest BCUT2D eigenvalue weighted by Crippen LogP contribution is 2.41. The first-order valence-corrected chi connectivity index (χ1v) is 9.41. The number of ketones is 1. The molecular weight excluding hydrogens is 537 g/mol. The van der Waals surface area contributed by atoms with Crippen LogP contribution in [-0.2, 0) is 6.18 Å². The molecule has 0 aliphatic heterocycles. The molecular formula is C19H11Br2F7O. The molecule has 156 valence electrons. The molecule has 0 radical (unpaired) electrons. The van der Waals surface area contributed by atoms with E-state index >= 15 is 0 Å². The molecule has 0 aliphatic rings. The summed E-state index contributed by atoms with van der Waals surface area (Å²) in [4.78, 5) is 11.4. The van der Waals surface area contributed by atoms with Crippen LogP contribution in [0.1, 0.15) is 39.9 Å². The van der Waals surface area contributed by atoms with E-state index in [4.69, 9.17) is 0 Å². The Morgan fingerprint density at radius 3 is 1.97 bits per heavy atom. The van der Waals surface area contributed by atoms with E-state index < -0.39 is 46.6 Å². The number of rotatable bonds is 4. The molecule has 1 atom stereocenters. The molecule has 0 aromatic heterocycles. The summed E-state index contributed by atoms with van der Waals surface area (Å²) >= 11 is 6.09. The van der Waals surface area contributed by atoms with Crippen LogP contribution in [0.4, 0.5) is 30.7 Å². The molecule has 2 aromatic rings. The van der Waals surface area contributed by atoms with Gasteiger partial charge in [0.1, 0.15) is 11.7 Å². The number of Topliss-reactive ketones (excluding diaryl/α,β-unsaturated/α-hetero) is 1. The highest BCUT2D eigenvalue weighted by atomic mass is 79.9. The molecule has 0 spiro atoms. The topological polar surface area (TPSA) is 17.1 Å². The predicted octanol–water partition coefficient (Wildman–Crippen LogP) is 8.09. The summed E-state index contributed by atoms with van der Waals surface area (Å²) in [6.45, 7) is 0.904. The van der Waals surface area contributed by atoms with E-state index in [1.54, 1.807) is 0 Å². The number of alkyl halides is 6. The van der Waals surface area contributed by atoms with Crippen LogP contribution < -0.4 is 0 Å². The van der Waals surface area contributed by atoms with Crippen molar-refractivity contribution in [3.8, 4) is 0 Å². The normalized spacial score (nSPS) is 14.1. The van der Waals surface area contributed by atoms with E-state index in [0.717, 1.165) is 31.2 Å². The van der Waals surface area contributed by atoms with Gasteiger partial charge in [-0.3, -0.25) is 4.79 Å². The van der Waals surface area contributed by atoms with Crippen molar-refractivity contribution in [2.75, 3.05) is 0 Å². The molecule has 10 heteroatoms. The maximum atomic E-state index is 14.6. The van der Waals surface area contributed by atoms with Crippen LogP contribution in [0.25, 0.3) is 5.83 Å². The summed E-state index contributed by atoms with van der Waals surface area (Å²) in [7, 11) is 0. The summed E-state index contributed by atoms with van der Waals surface area (Å²) in [5.74, 6) is -4.80. The Balaban J connectivity index is 2.60. The van der Waals surface area contributed by atoms with E-state index in [9.17, 15) is 35.5 Å². The molecule has 0 heterocycles. The lowest BCUT2D eigenvalue weighted by molar-refractivity contribution is -0.140. The molecule has 0 N–H and O–H groups in total. The number of allylic oxidation sites excluding steroid dienone is 1. The number of hydrogen-bond acceptors (Lipinski definition) is 1. The number of hydrogen-bond donors (Lipinski definition) is 0. The van der Waals surface area contributed by atoms with Gasteiger partial charge in [-0.1, -0.05) is 44.0 Å². The maximum absolute atomic E-state index is 14.6. The van der Waals surface area contributed by atoms with Crippen LogP contribution in [0.5, 0.6) is 0 Å². The fourth-order valence-electron chi connectivity index (χ4n) is 2.61. The maximum Gasteiger partial charge on any atom is 0.417 e. The van der Waals surface area contributed by atoms with Crippen LogP contribution in [0.15, 0.2) is 51.4 Å². The first-order valence-electron chi connectivity index (χ1n) is 7.82. The molecule has 1 unspecified atom stereocenters. The smallest absolute Gasteiger partial charge is 0.294 e. The molecule has 1 nitrogen and oxygen atoms in total. The molecule has 29 heavy (non-hydrogen) atoms. The monoisotopic (exact) mass is 546 g/mol. The van der Waals surface area contributed by atoms with Gasteiger partial charge < -0.3 is 0 Å². The van der Waals surface area contributed by atoms with Gasteiger partial charge >= 0.3 is 12.4 Å². The van der Waals surface area contributed by atoms with E-state index in [2.05, 4.69) is 31.9 Å². The molecule has 2 aromatic carbocycles. The number of carbonyl (C=O) groups excluding carboxylic acids is 1.